The van der Waals surface area contributed by atoms with Crippen molar-refractivity contribution in [2.45, 2.75) is 25.2 Å². The van der Waals surface area contributed by atoms with Crippen LogP contribution in [0, 0.1) is 0 Å². The van der Waals surface area contributed by atoms with Crippen LogP contribution in [0.25, 0.3) is 0 Å². The average Bonchev–Trinajstić information content (AvgIpc) is 2.85. The molecule has 6 nitrogen and oxygen atoms in total. The second kappa shape index (κ2) is 6.44. The highest BCUT2D eigenvalue weighted by Crippen LogP contribution is 2.16. The number of hydrogen-bond acceptors (Lipinski definition) is 4. The van der Waals surface area contributed by atoms with Gasteiger partial charge in [0.2, 0.25) is 5.96 Å². The summed E-state index contributed by atoms with van der Waals surface area (Å²) >= 11 is 5.84. The van der Waals surface area contributed by atoms with Crippen LogP contribution in [0.4, 0.5) is 0 Å². The summed E-state index contributed by atoms with van der Waals surface area (Å²) in [5, 5.41) is 6.20. The molecule has 0 atom stereocenters. The molecule has 0 unspecified atom stereocenters. The first-order valence-electron chi connectivity index (χ1n) is 6.57. The number of nitrogens with zero attached hydrogens (tertiary/aromatic N) is 3. The highest BCUT2D eigenvalue weighted by Gasteiger charge is 2.23. The first-order chi connectivity index (χ1) is 9.92. The third kappa shape index (κ3) is 3.95. The Labute approximate surface area is 129 Å². The van der Waals surface area contributed by atoms with Gasteiger partial charge in [-0.05, 0) is 32.0 Å². The van der Waals surface area contributed by atoms with E-state index in [9.17, 15) is 8.42 Å². The van der Waals surface area contributed by atoms with Crippen LogP contribution in [-0.2, 0) is 10.0 Å². The van der Waals surface area contributed by atoms with Crippen molar-refractivity contribution >= 4 is 33.3 Å². The van der Waals surface area contributed by atoms with Crippen molar-refractivity contribution in [2.75, 3.05) is 13.1 Å². The Morgan fingerprint density at radius 3 is 2.86 bits per heavy atom. The fourth-order valence-electron chi connectivity index (χ4n) is 1.86. The summed E-state index contributed by atoms with van der Waals surface area (Å²) in [5.41, 5.74) is 0.945. The molecule has 1 aromatic carbocycles. The van der Waals surface area contributed by atoms with Gasteiger partial charge in [-0.25, -0.2) is 18.1 Å². The lowest BCUT2D eigenvalue weighted by molar-refractivity contribution is 0.475. The number of aliphatic imine (C=N–C) groups is 1. The molecule has 1 aliphatic rings. The van der Waals surface area contributed by atoms with E-state index in [1.807, 2.05) is 13.8 Å². The molecule has 1 aromatic rings. The SMILES string of the molecule is CCN=C(NS(=O)(=O)c1cccc(Cl)c1)N1CCC(C)=N1. The second-order valence-electron chi connectivity index (χ2n) is 4.57. The Bertz CT molecular complexity index is 685. The molecule has 8 heteroatoms. The Morgan fingerprint density at radius 2 is 2.29 bits per heavy atom. The zero-order valence-corrected chi connectivity index (χ0v) is 13.4. The molecule has 1 aliphatic heterocycles. The summed E-state index contributed by atoms with van der Waals surface area (Å²) in [4.78, 5) is 4.28. The molecular weight excluding hydrogens is 312 g/mol. The van der Waals surface area contributed by atoms with Crippen LogP contribution in [0.3, 0.4) is 0 Å². The standard InChI is InChI=1S/C13H17ClN4O2S/c1-3-15-13(18-8-7-10(2)16-18)17-21(19,20)12-6-4-5-11(14)9-12/h4-6,9H,3,7-8H2,1-2H3,(H,15,17). The molecule has 0 bridgehead atoms. The van der Waals surface area contributed by atoms with Gasteiger partial charge in [0.1, 0.15) is 0 Å². The van der Waals surface area contributed by atoms with Gasteiger partial charge in [0.05, 0.1) is 4.90 Å². The van der Waals surface area contributed by atoms with Crippen molar-refractivity contribution in [3.05, 3.63) is 29.3 Å². The van der Waals surface area contributed by atoms with E-state index in [0.717, 1.165) is 12.1 Å². The molecule has 0 saturated carbocycles. The number of sulfonamides is 1. The van der Waals surface area contributed by atoms with Crippen molar-refractivity contribution in [1.82, 2.24) is 9.73 Å². The van der Waals surface area contributed by atoms with Crippen LogP contribution in [-0.4, -0.2) is 38.2 Å². The van der Waals surface area contributed by atoms with Gasteiger partial charge >= 0.3 is 0 Å². The molecule has 21 heavy (non-hydrogen) atoms. The maximum absolute atomic E-state index is 12.4. The van der Waals surface area contributed by atoms with Crippen LogP contribution >= 0.6 is 11.6 Å². The van der Waals surface area contributed by atoms with E-state index in [0.29, 0.717) is 18.1 Å². The lowest BCUT2D eigenvalue weighted by Gasteiger charge is -2.18. The molecule has 1 heterocycles. The number of rotatable bonds is 3. The Kier molecular flexibility index (Phi) is 4.84. The van der Waals surface area contributed by atoms with Gasteiger partial charge in [0.15, 0.2) is 0 Å². The number of hydrazone groups is 1. The average molecular weight is 329 g/mol. The van der Waals surface area contributed by atoms with Crippen LogP contribution < -0.4 is 4.72 Å². The normalized spacial score (nSPS) is 16.0. The topological polar surface area (TPSA) is 74.1 Å². The molecule has 2 rings (SSSR count). The minimum atomic E-state index is -3.74. The molecule has 114 valence electrons. The van der Waals surface area contributed by atoms with Crippen molar-refractivity contribution in [3.8, 4) is 0 Å². The molecule has 0 radical (unpaired) electrons. The summed E-state index contributed by atoms with van der Waals surface area (Å²) in [6.07, 6.45) is 0.793. The number of hydrogen-bond donors (Lipinski definition) is 1. The van der Waals surface area contributed by atoms with Crippen LogP contribution in [0.1, 0.15) is 20.3 Å². The largest absolute Gasteiger partial charge is 0.264 e. The van der Waals surface area contributed by atoms with E-state index in [2.05, 4.69) is 14.8 Å². The van der Waals surface area contributed by atoms with Crippen molar-refractivity contribution < 1.29 is 8.42 Å². The molecule has 0 fully saturated rings. The maximum Gasteiger partial charge on any atom is 0.264 e. The molecule has 0 spiro atoms. The molecule has 0 aliphatic carbocycles. The van der Waals surface area contributed by atoms with Gasteiger partial charge in [0, 0.05) is 30.2 Å². The van der Waals surface area contributed by atoms with Crippen LogP contribution in [0.5, 0.6) is 0 Å². The fourth-order valence-corrected chi connectivity index (χ4v) is 3.18. The quantitative estimate of drug-likeness (QED) is 0.682. The van der Waals surface area contributed by atoms with Gasteiger partial charge in [-0.1, -0.05) is 17.7 Å². The molecular formula is C13H17ClN4O2S. The number of halogens is 1. The Hall–Kier alpha value is -1.60. The second-order valence-corrected chi connectivity index (χ2v) is 6.69. The summed E-state index contributed by atoms with van der Waals surface area (Å²) in [5.74, 6) is 0.231. The van der Waals surface area contributed by atoms with Crippen molar-refractivity contribution in [3.63, 3.8) is 0 Å². The van der Waals surface area contributed by atoms with Gasteiger partial charge in [0.25, 0.3) is 10.0 Å². The van der Waals surface area contributed by atoms with Gasteiger partial charge in [-0.2, -0.15) is 5.10 Å². The van der Waals surface area contributed by atoms with E-state index in [-0.39, 0.29) is 10.9 Å². The van der Waals surface area contributed by atoms with Crippen molar-refractivity contribution in [2.24, 2.45) is 10.1 Å². The minimum Gasteiger partial charge on any atom is -0.251 e. The van der Waals surface area contributed by atoms with Crippen LogP contribution in [0.2, 0.25) is 5.02 Å². The lowest BCUT2D eigenvalue weighted by Crippen LogP contribution is -2.40. The van der Waals surface area contributed by atoms with Crippen molar-refractivity contribution in [1.29, 1.82) is 0 Å². The van der Waals surface area contributed by atoms with Gasteiger partial charge < -0.3 is 0 Å². The third-order valence-electron chi connectivity index (χ3n) is 2.86. The highest BCUT2D eigenvalue weighted by molar-refractivity contribution is 7.90. The zero-order chi connectivity index (χ0) is 15.5. The fraction of sp³-hybridized carbons (Fsp3) is 0.385. The zero-order valence-electron chi connectivity index (χ0n) is 11.9. The van der Waals surface area contributed by atoms with E-state index >= 15 is 0 Å². The van der Waals surface area contributed by atoms with E-state index in [1.165, 1.54) is 12.1 Å². The predicted octanol–water partition coefficient (Wildman–Crippen LogP) is 2.08. The monoisotopic (exact) mass is 328 g/mol. The summed E-state index contributed by atoms with van der Waals surface area (Å²) in [7, 11) is -3.74. The predicted molar refractivity (Wildman–Crippen MR) is 84.2 cm³/mol. The minimum absolute atomic E-state index is 0.0960. The van der Waals surface area contributed by atoms with Crippen LogP contribution in [0.15, 0.2) is 39.3 Å². The summed E-state index contributed by atoms with van der Waals surface area (Å²) in [6.45, 7) is 4.80. The molecule has 0 aromatic heterocycles. The third-order valence-corrected chi connectivity index (χ3v) is 4.42. The van der Waals surface area contributed by atoms with E-state index in [1.54, 1.807) is 17.1 Å². The summed E-state index contributed by atoms with van der Waals surface area (Å²) < 4.78 is 27.2. The lowest BCUT2D eigenvalue weighted by atomic mass is 10.3. The smallest absolute Gasteiger partial charge is 0.251 e. The van der Waals surface area contributed by atoms with Gasteiger partial charge in [-0.15, -0.1) is 0 Å². The van der Waals surface area contributed by atoms with E-state index < -0.39 is 10.0 Å². The maximum atomic E-state index is 12.4. The Morgan fingerprint density at radius 1 is 1.52 bits per heavy atom. The first kappa shape index (κ1) is 15.8. The number of benzene rings is 1. The summed E-state index contributed by atoms with van der Waals surface area (Å²) in [6, 6.07) is 6.09. The highest BCUT2D eigenvalue weighted by atomic mass is 35.5. The molecule has 0 saturated heterocycles. The Balaban J connectivity index is 2.26. The first-order valence-corrected chi connectivity index (χ1v) is 8.43. The van der Waals surface area contributed by atoms with E-state index in [4.69, 9.17) is 11.6 Å². The number of guanidine groups is 1. The molecule has 0 amide bonds. The molecule has 1 N–H and O–H groups in total. The number of nitrogens with one attached hydrogen (secondary N) is 1. The van der Waals surface area contributed by atoms with Gasteiger partial charge in [-0.3, -0.25) is 4.99 Å².